The Morgan fingerprint density at radius 2 is 1.80 bits per heavy atom. The van der Waals surface area contributed by atoms with Crippen LogP contribution < -0.4 is 20.8 Å². The van der Waals surface area contributed by atoms with Gasteiger partial charge in [-0.1, -0.05) is 24.3 Å². The lowest BCUT2D eigenvalue weighted by Crippen LogP contribution is -2.36. The Hall–Kier alpha value is -3.95. The van der Waals surface area contributed by atoms with Crippen molar-refractivity contribution in [2.75, 3.05) is 58.7 Å². The van der Waals surface area contributed by atoms with Gasteiger partial charge in [-0.25, -0.2) is 4.39 Å². The molecule has 0 saturated carbocycles. The fraction of sp³-hybridized carbons (Fsp3) is 0.375. The van der Waals surface area contributed by atoms with Crippen LogP contribution in [0.25, 0.3) is 27.4 Å². The number of nitrogens with one attached hydrogen (secondary N) is 2. The van der Waals surface area contributed by atoms with Gasteiger partial charge in [-0.3, -0.25) is 9.59 Å². The molecular formula is C32H36FN5O3. The molecule has 1 saturated heterocycles. The minimum atomic E-state index is -0.584. The number of hydrogen-bond donors (Lipinski definition) is 2. The number of ether oxygens (including phenoxy) is 1. The first kappa shape index (κ1) is 27.2. The second-order valence-corrected chi connectivity index (χ2v) is 11.2. The molecule has 3 heterocycles. The number of benzene rings is 3. The van der Waals surface area contributed by atoms with Crippen molar-refractivity contribution < 1.29 is 13.9 Å². The van der Waals surface area contributed by atoms with Crippen molar-refractivity contribution in [2.24, 2.45) is 0 Å². The van der Waals surface area contributed by atoms with E-state index in [1.165, 1.54) is 18.9 Å². The van der Waals surface area contributed by atoms with Crippen LogP contribution in [0.1, 0.15) is 36.0 Å². The third-order valence-corrected chi connectivity index (χ3v) is 7.99. The maximum Gasteiger partial charge on any atom is 0.256 e. The van der Waals surface area contributed by atoms with Crippen LogP contribution in [0, 0.1) is 5.82 Å². The fourth-order valence-corrected chi connectivity index (χ4v) is 5.82. The highest BCUT2D eigenvalue weighted by molar-refractivity contribution is 6.02. The summed E-state index contributed by atoms with van der Waals surface area (Å²) in [4.78, 5) is 31.4. The zero-order chi connectivity index (χ0) is 28.5. The van der Waals surface area contributed by atoms with Gasteiger partial charge < -0.3 is 29.7 Å². The Kier molecular flexibility index (Phi) is 7.64. The molecule has 0 radical (unpaired) electrons. The maximum atomic E-state index is 15.7. The third kappa shape index (κ3) is 5.39. The molecule has 41 heavy (non-hydrogen) atoms. The van der Waals surface area contributed by atoms with Crippen molar-refractivity contribution in [3.05, 3.63) is 70.3 Å². The number of unbranched alkanes of at least 4 members (excludes halogenated alkanes) is 1. The molecule has 1 aromatic heterocycles. The fourth-order valence-electron chi connectivity index (χ4n) is 5.82. The molecular weight excluding hydrogens is 521 g/mol. The number of anilines is 1. The Morgan fingerprint density at radius 1 is 1.05 bits per heavy atom. The van der Waals surface area contributed by atoms with Gasteiger partial charge in [-0.15, -0.1) is 0 Å². The molecule has 2 aliphatic heterocycles. The van der Waals surface area contributed by atoms with E-state index in [2.05, 4.69) is 20.4 Å². The number of aromatic nitrogens is 1. The molecule has 0 bridgehead atoms. The number of rotatable bonds is 10. The van der Waals surface area contributed by atoms with Crippen LogP contribution in [-0.2, 0) is 0 Å². The van der Waals surface area contributed by atoms with Gasteiger partial charge in [0.25, 0.3) is 5.91 Å². The average Bonchev–Trinajstić information content (AvgIpc) is 3.48. The zero-order valence-corrected chi connectivity index (χ0v) is 23.6. The molecule has 0 aliphatic carbocycles. The number of amides is 1. The molecule has 4 aromatic rings. The van der Waals surface area contributed by atoms with Crippen molar-refractivity contribution in [1.82, 2.24) is 19.7 Å². The lowest BCUT2D eigenvalue weighted by atomic mass is 10.0. The van der Waals surface area contributed by atoms with Crippen molar-refractivity contribution in [3.8, 4) is 17.2 Å². The topological polar surface area (TPSA) is 78.8 Å². The predicted molar refractivity (Wildman–Crippen MR) is 161 cm³/mol. The molecule has 214 valence electrons. The monoisotopic (exact) mass is 557 g/mol. The zero-order valence-electron chi connectivity index (χ0n) is 23.6. The second-order valence-electron chi connectivity index (χ2n) is 11.2. The van der Waals surface area contributed by atoms with E-state index in [0.29, 0.717) is 30.0 Å². The van der Waals surface area contributed by atoms with Crippen LogP contribution in [0.15, 0.2) is 53.5 Å². The molecule has 1 fully saturated rings. The van der Waals surface area contributed by atoms with Gasteiger partial charge in [0.05, 0.1) is 11.1 Å². The molecule has 0 unspecified atom stereocenters. The Bertz CT molecular complexity index is 1680. The Morgan fingerprint density at radius 3 is 2.56 bits per heavy atom. The van der Waals surface area contributed by atoms with Gasteiger partial charge >= 0.3 is 0 Å². The average molecular weight is 558 g/mol. The highest BCUT2D eigenvalue weighted by Gasteiger charge is 2.29. The van der Waals surface area contributed by atoms with E-state index in [1.807, 2.05) is 55.1 Å². The standard InChI is InChI=1S/C32H36FN5O3/c1-36(2)13-6-5-11-34-28-25(33)19-23-29-31(28)41-27-18-22-10-4-3-9-21(22)17-26(27)38(29)20-24(30(23)39)32(40)35-12-16-37-14-7-8-15-37/h3-4,9-10,17-20,34H,5-8,11-16H2,1-2H3,(H,35,40). The van der Waals surface area contributed by atoms with E-state index < -0.39 is 17.2 Å². The number of likely N-dealkylation sites (tertiary alicyclic amines) is 1. The van der Waals surface area contributed by atoms with Gasteiger partial charge in [0.2, 0.25) is 5.43 Å². The summed E-state index contributed by atoms with van der Waals surface area (Å²) in [5, 5.41) is 8.20. The van der Waals surface area contributed by atoms with E-state index in [4.69, 9.17) is 4.74 Å². The number of carbonyl (C=O) groups excluding carboxylic acids is 1. The first-order chi connectivity index (χ1) is 19.9. The number of carbonyl (C=O) groups is 1. The van der Waals surface area contributed by atoms with Gasteiger partial charge in [-0.2, -0.15) is 0 Å². The number of hydrogen-bond acceptors (Lipinski definition) is 6. The number of nitrogens with zero attached hydrogens (tertiary/aromatic N) is 3. The van der Waals surface area contributed by atoms with E-state index in [9.17, 15) is 9.59 Å². The van der Waals surface area contributed by atoms with Crippen LogP contribution in [-0.4, -0.2) is 73.6 Å². The highest BCUT2D eigenvalue weighted by atomic mass is 19.1. The van der Waals surface area contributed by atoms with E-state index >= 15 is 4.39 Å². The molecule has 2 N–H and O–H groups in total. The van der Waals surface area contributed by atoms with Gasteiger partial charge in [0.1, 0.15) is 16.8 Å². The number of halogens is 1. The summed E-state index contributed by atoms with van der Waals surface area (Å²) in [7, 11) is 4.05. The molecule has 0 atom stereocenters. The summed E-state index contributed by atoms with van der Waals surface area (Å²) in [6, 6.07) is 13.0. The minimum absolute atomic E-state index is 0.0188. The number of pyridine rings is 1. The van der Waals surface area contributed by atoms with Crippen LogP contribution in [0.4, 0.5) is 10.1 Å². The molecule has 1 amide bonds. The van der Waals surface area contributed by atoms with Crippen LogP contribution in [0.5, 0.6) is 11.5 Å². The van der Waals surface area contributed by atoms with Gasteiger partial charge in [0, 0.05) is 25.8 Å². The first-order valence-corrected chi connectivity index (χ1v) is 14.4. The molecule has 9 heteroatoms. The molecule has 8 nitrogen and oxygen atoms in total. The van der Waals surface area contributed by atoms with Crippen molar-refractivity contribution in [1.29, 1.82) is 0 Å². The lowest BCUT2D eigenvalue weighted by molar-refractivity contribution is 0.0948. The van der Waals surface area contributed by atoms with Crippen molar-refractivity contribution in [2.45, 2.75) is 25.7 Å². The second kappa shape index (κ2) is 11.5. The van der Waals surface area contributed by atoms with E-state index in [-0.39, 0.29) is 22.4 Å². The summed E-state index contributed by atoms with van der Waals surface area (Å²) in [6.07, 6.45) is 5.72. The van der Waals surface area contributed by atoms with Crippen LogP contribution in [0.3, 0.4) is 0 Å². The van der Waals surface area contributed by atoms with E-state index in [0.717, 1.165) is 49.8 Å². The summed E-state index contributed by atoms with van der Waals surface area (Å²) >= 11 is 0. The summed E-state index contributed by atoms with van der Waals surface area (Å²) in [6.45, 7) is 4.72. The smallest absolute Gasteiger partial charge is 0.256 e. The molecule has 2 aliphatic rings. The normalized spacial score (nSPS) is 14.4. The predicted octanol–water partition coefficient (Wildman–Crippen LogP) is 4.97. The Labute approximate surface area is 238 Å². The third-order valence-electron chi connectivity index (χ3n) is 7.99. The van der Waals surface area contributed by atoms with Gasteiger partial charge in [-0.05, 0) is 88.4 Å². The highest BCUT2D eigenvalue weighted by Crippen LogP contribution is 2.46. The van der Waals surface area contributed by atoms with Crippen molar-refractivity contribution >= 4 is 33.3 Å². The van der Waals surface area contributed by atoms with E-state index in [1.54, 1.807) is 6.20 Å². The quantitative estimate of drug-likeness (QED) is 0.236. The molecule has 6 rings (SSSR count). The first-order valence-electron chi connectivity index (χ1n) is 14.4. The van der Waals surface area contributed by atoms with Crippen molar-refractivity contribution in [3.63, 3.8) is 0 Å². The lowest BCUT2D eigenvalue weighted by Gasteiger charge is -2.27. The summed E-state index contributed by atoms with van der Waals surface area (Å²) < 4.78 is 23.8. The van der Waals surface area contributed by atoms with Crippen LogP contribution >= 0.6 is 0 Å². The Balaban J connectivity index is 1.42. The number of fused-ring (bicyclic) bond motifs is 3. The van der Waals surface area contributed by atoms with Crippen LogP contribution in [0.2, 0.25) is 0 Å². The molecule has 3 aromatic carbocycles. The van der Waals surface area contributed by atoms with Gasteiger partial charge in [0.15, 0.2) is 17.3 Å². The minimum Gasteiger partial charge on any atom is -0.451 e. The largest absolute Gasteiger partial charge is 0.451 e. The SMILES string of the molecule is CN(C)CCCCNc1c(F)cc2c(=O)c(C(=O)NCCN3CCCC3)cn3c2c1Oc1cc2ccccc2cc1-3. The maximum absolute atomic E-state index is 15.7. The summed E-state index contributed by atoms with van der Waals surface area (Å²) in [5.74, 6) is -0.255. The summed E-state index contributed by atoms with van der Waals surface area (Å²) in [5.41, 5.74) is 0.826. The molecule has 0 spiro atoms.